The highest BCUT2D eigenvalue weighted by atomic mass is 31.1. The molecule has 1 aromatic rings. The van der Waals surface area contributed by atoms with Crippen LogP contribution in [0, 0.1) is 5.92 Å². The van der Waals surface area contributed by atoms with Crippen LogP contribution in [-0.4, -0.2) is 26.5 Å². The monoisotopic (exact) mass is 367 g/mol. The SMILES string of the molecule is CC(C1CCCC1[PH+](O)c1ccccc1)P(C(C)(C)C)C(C)(C)C. The molecular formula is C21H37OP2+. The second-order valence-electron chi connectivity index (χ2n) is 9.40. The Morgan fingerprint density at radius 1 is 1.00 bits per heavy atom. The van der Waals surface area contributed by atoms with E-state index in [1.165, 1.54) is 24.6 Å². The summed E-state index contributed by atoms with van der Waals surface area (Å²) < 4.78 is 0. The molecule has 1 fully saturated rings. The van der Waals surface area contributed by atoms with Crippen LogP contribution in [0.15, 0.2) is 30.3 Å². The first-order valence-electron chi connectivity index (χ1n) is 9.44. The number of hydrogen-bond donors (Lipinski definition) is 1. The fourth-order valence-corrected chi connectivity index (χ4v) is 12.8. The summed E-state index contributed by atoms with van der Waals surface area (Å²) in [5.41, 5.74) is 1.23. The summed E-state index contributed by atoms with van der Waals surface area (Å²) in [6, 6.07) is 10.4. The lowest BCUT2D eigenvalue weighted by Crippen LogP contribution is -2.36. The Labute approximate surface area is 152 Å². The van der Waals surface area contributed by atoms with Crippen molar-refractivity contribution in [3.05, 3.63) is 30.3 Å². The van der Waals surface area contributed by atoms with Gasteiger partial charge in [0.1, 0.15) is 11.0 Å². The molecule has 4 unspecified atom stereocenters. The maximum absolute atomic E-state index is 11.1. The van der Waals surface area contributed by atoms with Gasteiger partial charge in [-0.05, 0) is 47.4 Å². The Morgan fingerprint density at radius 2 is 1.54 bits per heavy atom. The predicted molar refractivity (Wildman–Crippen MR) is 114 cm³/mol. The van der Waals surface area contributed by atoms with Gasteiger partial charge < -0.3 is 0 Å². The van der Waals surface area contributed by atoms with Gasteiger partial charge in [-0.3, -0.25) is 0 Å². The van der Waals surface area contributed by atoms with Crippen LogP contribution in [0.5, 0.6) is 0 Å². The van der Waals surface area contributed by atoms with Crippen LogP contribution in [0.2, 0.25) is 0 Å². The molecule has 0 spiro atoms. The minimum atomic E-state index is -1.45. The number of hydrogen-bond acceptors (Lipinski definition) is 1. The lowest BCUT2D eigenvalue weighted by atomic mass is 10.0. The highest BCUT2D eigenvalue weighted by Crippen LogP contribution is 2.66. The van der Waals surface area contributed by atoms with Crippen LogP contribution in [0.4, 0.5) is 0 Å². The molecule has 0 heterocycles. The Balaban J connectivity index is 2.25. The van der Waals surface area contributed by atoms with E-state index in [-0.39, 0.29) is 7.92 Å². The van der Waals surface area contributed by atoms with E-state index >= 15 is 0 Å². The van der Waals surface area contributed by atoms with Gasteiger partial charge in [0.2, 0.25) is 0 Å². The zero-order valence-corrected chi connectivity index (χ0v) is 18.5. The summed E-state index contributed by atoms with van der Waals surface area (Å²) in [5.74, 6) is 0.689. The van der Waals surface area contributed by atoms with Gasteiger partial charge in [0.25, 0.3) is 0 Å². The molecule has 0 saturated heterocycles. The number of rotatable bonds is 4. The Kier molecular flexibility index (Phi) is 6.56. The molecule has 0 aliphatic heterocycles. The zero-order chi connectivity index (χ0) is 18.1. The standard InChI is InChI=1S/C21H36OP2/c1-16(24(20(2,3)4)21(5,6)7)18-14-11-15-19(18)23(22)17-12-9-8-10-13-17/h8-10,12-13,16,18-19,22H,11,14-15H2,1-7H3/p+1. The molecule has 2 rings (SSSR count). The molecule has 3 heteroatoms. The van der Waals surface area contributed by atoms with Crippen molar-refractivity contribution in [1.29, 1.82) is 0 Å². The Bertz CT molecular complexity index is 501. The zero-order valence-electron chi connectivity index (χ0n) is 16.6. The van der Waals surface area contributed by atoms with E-state index in [1.807, 2.05) is 6.07 Å². The molecule has 4 atom stereocenters. The lowest BCUT2D eigenvalue weighted by Gasteiger charge is -2.47. The number of benzene rings is 1. The van der Waals surface area contributed by atoms with E-state index in [2.05, 4.69) is 72.7 Å². The fraction of sp³-hybridized carbons (Fsp3) is 0.714. The maximum atomic E-state index is 11.1. The molecule has 1 aromatic carbocycles. The van der Waals surface area contributed by atoms with E-state index in [0.29, 0.717) is 27.5 Å². The minimum absolute atomic E-state index is 0.130. The first-order chi connectivity index (χ1) is 11.0. The van der Waals surface area contributed by atoms with Gasteiger partial charge >= 0.3 is 0 Å². The molecule has 1 N–H and O–H groups in total. The first-order valence-corrected chi connectivity index (χ1v) is 12.4. The van der Waals surface area contributed by atoms with Gasteiger partial charge in [-0.1, -0.05) is 74.6 Å². The summed E-state index contributed by atoms with van der Waals surface area (Å²) >= 11 is 0. The van der Waals surface area contributed by atoms with Gasteiger partial charge in [0.15, 0.2) is 8.15 Å². The molecule has 0 radical (unpaired) electrons. The molecule has 0 amide bonds. The van der Waals surface area contributed by atoms with Crippen LogP contribution in [-0.2, 0) is 0 Å². The maximum Gasteiger partial charge on any atom is 0.164 e. The van der Waals surface area contributed by atoms with Gasteiger partial charge in [0.05, 0.1) is 0 Å². The molecule has 1 aliphatic carbocycles. The highest BCUT2D eigenvalue weighted by Gasteiger charge is 2.48. The van der Waals surface area contributed by atoms with Crippen LogP contribution in [0.25, 0.3) is 0 Å². The second kappa shape index (κ2) is 7.73. The van der Waals surface area contributed by atoms with Crippen LogP contribution >= 0.6 is 16.1 Å². The quantitative estimate of drug-likeness (QED) is 0.640. The molecule has 1 saturated carbocycles. The topological polar surface area (TPSA) is 20.2 Å². The van der Waals surface area contributed by atoms with E-state index in [4.69, 9.17) is 0 Å². The first kappa shape index (κ1) is 20.4. The minimum Gasteiger partial charge on any atom is -0.248 e. The third-order valence-electron chi connectivity index (χ3n) is 5.46. The average Bonchev–Trinajstić information content (AvgIpc) is 2.93. The molecular weight excluding hydrogens is 330 g/mol. The molecule has 0 aromatic heterocycles. The van der Waals surface area contributed by atoms with E-state index in [1.54, 1.807) is 0 Å². The van der Waals surface area contributed by atoms with Crippen molar-refractivity contribution in [2.75, 3.05) is 0 Å². The third-order valence-corrected chi connectivity index (χ3v) is 11.9. The van der Waals surface area contributed by atoms with Crippen molar-refractivity contribution >= 4 is 21.4 Å². The Hall–Kier alpha value is 0.0400. The molecule has 1 nitrogen and oxygen atoms in total. The van der Waals surface area contributed by atoms with Crippen LogP contribution in [0.3, 0.4) is 0 Å². The van der Waals surface area contributed by atoms with Gasteiger partial charge in [-0.2, -0.15) is 0 Å². The van der Waals surface area contributed by atoms with E-state index < -0.39 is 8.15 Å². The van der Waals surface area contributed by atoms with Crippen molar-refractivity contribution in [2.45, 2.75) is 89.4 Å². The summed E-state index contributed by atoms with van der Waals surface area (Å²) in [7, 11) is -1.58. The molecule has 24 heavy (non-hydrogen) atoms. The smallest absolute Gasteiger partial charge is 0.164 e. The third kappa shape index (κ3) is 4.60. The second-order valence-corrected chi connectivity index (χ2v) is 15.7. The summed E-state index contributed by atoms with van der Waals surface area (Å²) in [4.78, 5) is 11.1. The highest BCUT2D eigenvalue weighted by molar-refractivity contribution is 7.62. The average molecular weight is 367 g/mol. The van der Waals surface area contributed by atoms with Crippen molar-refractivity contribution in [3.8, 4) is 0 Å². The van der Waals surface area contributed by atoms with Crippen molar-refractivity contribution in [2.24, 2.45) is 5.92 Å². The van der Waals surface area contributed by atoms with Crippen LogP contribution < -0.4 is 5.30 Å². The molecule has 1 aliphatic rings. The normalized spacial score (nSPS) is 25.0. The largest absolute Gasteiger partial charge is 0.248 e. The van der Waals surface area contributed by atoms with Crippen LogP contribution in [0.1, 0.15) is 67.7 Å². The summed E-state index contributed by atoms with van der Waals surface area (Å²) in [5, 5.41) is 1.91. The van der Waals surface area contributed by atoms with Gasteiger partial charge in [-0.25, -0.2) is 4.89 Å². The van der Waals surface area contributed by atoms with Crippen molar-refractivity contribution < 1.29 is 4.89 Å². The predicted octanol–water partition coefficient (Wildman–Crippen LogP) is 6.07. The summed E-state index contributed by atoms with van der Waals surface area (Å²) in [6.45, 7) is 17.0. The van der Waals surface area contributed by atoms with Gasteiger partial charge in [0, 0.05) is 5.92 Å². The molecule has 0 bridgehead atoms. The van der Waals surface area contributed by atoms with Crippen molar-refractivity contribution in [1.82, 2.24) is 0 Å². The molecule has 136 valence electrons. The van der Waals surface area contributed by atoms with Crippen molar-refractivity contribution in [3.63, 3.8) is 0 Å². The van der Waals surface area contributed by atoms with Gasteiger partial charge in [-0.15, -0.1) is 0 Å². The Morgan fingerprint density at radius 3 is 2.04 bits per heavy atom. The lowest BCUT2D eigenvalue weighted by molar-refractivity contribution is 0.504. The van der Waals surface area contributed by atoms with E-state index in [0.717, 1.165) is 0 Å². The van der Waals surface area contributed by atoms with E-state index in [9.17, 15) is 4.89 Å². The summed E-state index contributed by atoms with van der Waals surface area (Å²) in [6.07, 6.45) is 3.81. The fourth-order valence-electron chi connectivity index (χ4n) is 5.15.